The minimum Gasteiger partial charge on any atom is -0.491 e. The van der Waals surface area contributed by atoms with Crippen LogP contribution >= 0.6 is 0 Å². The van der Waals surface area contributed by atoms with Crippen LogP contribution in [0.2, 0.25) is 0 Å². The molecule has 0 aliphatic carbocycles. The van der Waals surface area contributed by atoms with Crippen LogP contribution in [-0.4, -0.2) is 43.7 Å². The van der Waals surface area contributed by atoms with Gasteiger partial charge < -0.3 is 19.1 Å². The van der Waals surface area contributed by atoms with Gasteiger partial charge in [-0.05, 0) is 43.5 Å². The van der Waals surface area contributed by atoms with Crippen LogP contribution in [-0.2, 0) is 25.5 Å². The number of rotatable bonds is 8. The van der Waals surface area contributed by atoms with E-state index in [4.69, 9.17) is 14.2 Å². The summed E-state index contributed by atoms with van der Waals surface area (Å²) in [6, 6.07) is 17.4. The third kappa shape index (κ3) is 5.58. The Labute approximate surface area is 189 Å². The SMILES string of the molecule is COC(=O)C1=CN(CCc2ccccc2)C=C(C(=O)OC)C1c1ccc(OC(C)C)cc1. The quantitative estimate of drug-likeness (QED) is 0.578. The molecule has 0 bridgehead atoms. The Hall–Kier alpha value is -3.54. The molecule has 1 aliphatic rings. The molecule has 6 heteroatoms. The van der Waals surface area contributed by atoms with Crippen molar-refractivity contribution in [2.24, 2.45) is 0 Å². The molecule has 0 aromatic heterocycles. The molecule has 0 amide bonds. The maximum absolute atomic E-state index is 12.7. The zero-order chi connectivity index (χ0) is 23.1. The molecule has 0 atom stereocenters. The van der Waals surface area contributed by atoms with Gasteiger partial charge in [-0.3, -0.25) is 0 Å². The molecule has 6 nitrogen and oxygen atoms in total. The summed E-state index contributed by atoms with van der Waals surface area (Å²) in [5, 5.41) is 0. The summed E-state index contributed by atoms with van der Waals surface area (Å²) >= 11 is 0. The number of esters is 2. The third-order valence-electron chi connectivity index (χ3n) is 5.16. The number of methoxy groups -OCH3 is 2. The second kappa shape index (κ2) is 10.7. The van der Waals surface area contributed by atoms with Gasteiger partial charge in [0.15, 0.2) is 0 Å². The molecule has 0 radical (unpaired) electrons. The van der Waals surface area contributed by atoms with E-state index in [1.807, 2.05) is 73.3 Å². The lowest BCUT2D eigenvalue weighted by atomic mass is 9.83. The van der Waals surface area contributed by atoms with Crippen molar-refractivity contribution in [2.75, 3.05) is 20.8 Å². The lowest BCUT2D eigenvalue weighted by Crippen LogP contribution is -2.29. The Morgan fingerprint density at radius 1 is 0.875 bits per heavy atom. The lowest BCUT2D eigenvalue weighted by Gasteiger charge is -2.30. The Bertz CT molecular complexity index is 959. The molecule has 32 heavy (non-hydrogen) atoms. The van der Waals surface area contributed by atoms with Gasteiger partial charge in [-0.1, -0.05) is 42.5 Å². The molecule has 1 heterocycles. The summed E-state index contributed by atoms with van der Waals surface area (Å²) in [5.41, 5.74) is 2.69. The highest BCUT2D eigenvalue weighted by molar-refractivity contribution is 5.98. The Kier molecular flexibility index (Phi) is 7.71. The largest absolute Gasteiger partial charge is 0.491 e. The van der Waals surface area contributed by atoms with Crippen molar-refractivity contribution in [1.82, 2.24) is 4.90 Å². The van der Waals surface area contributed by atoms with Crippen molar-refractivity contribution in [2.45, 2.75) is 32.3 Å². The fraction of sp³-hybridized carbons (Fsp3) is 0.308. The number of benzene rings is 2. The van der Waals surface area contributed by atoms with Crippen molar-refractivity contribution < 1.29 is 23.8 Å². The first-order valence-corrected chi connectivity index (χ1v) is 10.6. The van der Waals surface area contributed by atoms with Crippen molar-refractivity contribution in [1.29, 1.82) is 0 Å². The van der Waals surface area contributed by atoms with Gasteiger partial charge in [0, 0.05) is 18.9 Å². The molecule has 2 aromatic carbocycles. The monoisotopic (exact) mass is 435 g/mol. The van der Waals surface area contributed by atoms with Gasteiger partial charge in [-0.15, -0.1) is 0 Å². The average Bonchev–Trinajstić information content (AvgIpc) is 2.82. The van der Waals surface area contributed by atoms with Crippen LogP contribution in [0.1, 0.15) is 30.9 Å². The number of ether oxygens (including phenoxy) is 3. The third-order valence-corrected chi connectivity index (χ3v) is 5.16. The molecule has 2 aromatic rings. The maximum atomic E-state index is 12.7. The predicted octanol–water partition coefficient (Wildman–Crippen LogP) is 4.23. The van der Waals surface area contributed by atoms with Gasteiger partial charge in [-0.2, -0.15) is 0 Å². The normalized spacial score (nSPS) is 14.0. The van der Waals surface area contributed by atoms with Gasteiger partial charge in [0.2, 0.25) is 0 Å². The van der Waals surface area contributed by atoms with Crippen molar-refractivity contribution in [3.05, 3.63) is 89.3 Å². The maximum Gasteiger partial charge on any atom is 0.336 e. The summed E-state index contributed by atoms with van der Waals surface area (Å²) < 4.78 is 15.8. The molecule has 1 aliphatic heterocycles. The van der Waals surface area contributed by atoms with Gasteiger partial charge in [0.05, 0.1) is 37.4 Å². The Morgan fingerprint density at radius 3 is 1.94 bits per heavy atom. The van der Waals surface area contributed by atoms with E-state index in [1.165, 1.54) is 14.2 Å². The number of carbonyl (C=O) groups excluding carboxylic acids is 2. The summed E-state index contributed by atoms with van der Waals surface area (Å²) in [6.07, 6.45) is 4.31. The van der Waals surface area contributed by atoms with Crippen LogP contribution in [0.5, 0.6) is 5.75 Å². The van der Waals surface area contributed by atoms with Gasteiger partial charge in [-0.25, -0.2) is 9.59 Å². The lowest BCUT2D eigenvalue weighted by molar-refractivity contribution is -0.137. The van der Waals surface area contributed by atoms with Gasteiger partial charge >= 0.3 is 11.9 Å². The van der Waals surface area contributed by atoms with E-state index in [2.05, 4.69) is 0 Å². The van der Waals surface area contributed by atoms with E-state index >= 15 is 0 Å². The van der Waals surface area contributed by atoms with Crippen LogP contribution in [0, 0.1) is 0 Å². The predicted molar refractivity (Wildman–Crippen MR) is 122 cm³/mol. The summed E-state index contributed by atoms with van der Waals surface area (Å²) in [7, 11) is 2.68. The van der Waals surface area contributed by atoms with Crippen LogP contribution in [0.15, 0.2) is 78.1 Å². The highest BCUT2D eigenvalue weighted by Crippen LogP contribution is 2.37. The van der Waals surface area contributed by atoms with Crippen molar-refractivity contribution in [3.63, 3.8) is 0 Å². The fourth-order valence-corrected chi connectivity index (χ4v) is 3.69. The van der Waals surface area contributed by atoms with Crippen molar-refractivity contribution in [3.8, 4) is 5.75 Å². The van der Waals surface area contributed by atoms with Gasteiger partial charge in [0.1, 0.15) is 5.75 Å². The first-order valence-electron chi connectivity index (χ1n) is 10.6. The second-order valence-corrected chi connectivity index (χ2v) is 7.79. The Morgan fingerprint density at radius 2 is 1.44 bits per heavy atom. The first kappa shape index (κ1) is 23.1. The van der Waals surface area contributed by atoms with E-state index in [0.29, 0.717) is 17.7 Å². The van der Waals surface area contributed by atoms with Crippen LogP contribution < -0.4 is 4.74 Å². The number of carbonyl (C=O) groups is 2. The molecule has 0 saturated carbocycles. The van der Waals surface area contributed by atoms with Crippen molar-refractivity contribution >= 4 is 11.9 Å². The molecular formula is C26H29NO5. The smallest absolute Gasteiger partial charge is 0.336 e. The fourth-order valence-electron chi connectivity index (χ4n) is 3.69. The summed E-state index contributed by atoms with van der Waals surface area (Å²) in [5.74, 6) is -0.861. The molecule has 0 fully saturated rings. The van der Waals surface area contributed by atoms with Crippen LogP contribution in [0.4, 0.5) is 0 Å². The molecule has 0 saturated heterocycles. The van der Waals surface area contributed by atoms with Crippen LogP contribution in [0.25, 0.3) is 0 Å². The molecule has 168 valence electrons. The number of nitrogens with zero attached hydrogens (tertiary/aromatic N) is 1. The zero-order valence-corrected chi connectivity index (χ0v) is 18.9. The Balaban J connectivity index is 1.95. The molecule has 0 unspecified atom stereocenters. The minimum absolute atomic E-state index is 0.0461. The molecule has 3 rings (SSSR count). The van der Waals surface area contributed by atoms with E-state index < -0.39 is 17.9 Å². The van der Waals surface area contributed by atoms with E-state index in [9.17, 15) is 9.59 Å². The zero-order valence-electron chi connectivity index (χ0n) is 18.9. The van der Waals surface area contributed by atoms with E-state index in [1.54, 1.807) is 12.4 Å². The molecule has 0 spiro atoms. The number of hydrogen-bond acceptors (Lipinski definition) is 6. The summed E-state index contributed by atoms with van der Waals surface area (Å²) in [4.78, 5) is 27.3. The topological polar surface area (TPSA) is 65.1 Å². The summed E-state index contributed by atoms with van der Waals surface area (Å²) in [6.45, 7) is 4.50. The highest BCUT2D eigenvalue weighted by Gasteiger charge is 2.35. The number of hydrogen-bond donors (Lipinski definition) is 0. The first-order chi connectivity index (χ1) is 15.4. The van der Waals surface area contributed by atoms with E-state index in [0.717, 1.165) is 23.3 Å². The minimum atomic E-state index is -0.601. The van der Waals surface area contributed by atoms with Gasteiger partial charge in [0.25, 0.3) is 0 Å². The second-order valence-electron chi connectivity index (χ2n) is 7.79. The van der Waals surface area contributed by atoms with Crippen LogP contribution in [0.3, 0.4) is 0 Å². The molecule has 0 N–H and O–H groups in total. The average molecular weight is 436 g/mol. The molecular weight excluding hydrogens is 406 g/mol. The standard InChI is InChI=1S/C26H29NO5/c1-18(2)32-21-12-10-20(11-13-21)24-22(25(28)30-3)16-27(17-23(24)26(29)31-4)15-14-19-8-6-5-7-9-19/h5-13,16-18,24H,14-15H2,1-4H3. The highest BCUT2D eigenvalue weighted by atomic mass is 16.5. The van der Waals surface area contributed by atoms with E-state index in [-0.39, 0.29) is 6.10 Å².